The van der Waals surface area contributed by atoms with Gasteiger partial charge in [0.1, 0.15) is 12.1 Å². The number of rotatable bonds is 5. The van der Waals surface area contributed by atoms with Crippen molar-refractivity contribution in [3.8, 4) is 0 Å². The lowest BCUT2D eigenvalue weighted by atomic mass is 10.0. The summed E-state index contributed by atoms with van der Waals surface area (Å²) in [5.74, 6) is 1.11. The Morgan fingerprint density at radius 3 is 2.72 bits per heavy atom. The third kappa shape index (κ3) is 3.03. The van der Waals surface area contributed by atoms with Crippen LogP contribution in [0.2, 0.25) is 0 Å². The van der Waals surface area contributed by atoms with Gasteiger partial charge in [0.25, 0.3) is 0 Å². The molecule has 2 aromatic heterocycles. The Balaban J connectivity index is 1.23. The van der Waals surface area contributed by atoms with Gasteiger partial charge in [0, 0.05) is 43.6 Å². The van der Waals surface area contributed by atoms with Crippen LogP contribution in [-0.2, 0) is 19.4 Å². The molecule has 2 aliphatic carbocycles. The van der Waals surface area contributed by atoms with Crippen LogP contribution >= 0.6 is 0 Å². The van der Waals surface area contributed by atoms with Gasteiger partial charge >= 0.3 is 0 Å². The largest absolute Gasteiger partial charge is 0.350 e. The van der Waals surface area contributed by atoms with Crippen LogP contribution in [0, 0.1) is 0 Å². The predicted molar refractivity (Wildman–Crippen MR) is 96.4 cm³/mol. The van der Waals surface area contributed by atoms with Gasteiger partial charge < -0.3 is 4.90 Å². The Labute approximate surface area is 148 Å². The van der Waals surface area contributed by atoms with Crippen molar-refractivity contribution in [2.75, 3.05) is 18.0 Å². The number of nitrogens with one attached hydrogen (secondary N) is 1. The minimum atomic E-state index is 0.614. The Morgan fingerprint density at radius 2 is 1.96 bits per heavy atom. The summed E-state index contributed by atoms with van der Waals surface area (Å²) in [6.45, 7) is 3.32. The minimum absolute atomic E-state index is 0.614. The number of aryl methyl sites for hydroxylation is 1. The lowest BCUT2D eigenvalue weighted by Gasteiger charge is -2.39. The Kier molecular flexibility index (Phi) is 3.93. The molecule has 1 N–H and O–H groups in total. The van der Waals surface area contributed by atoms with Crippen LogP contribution in [0.3, 0.4) is 0 Å². The van der Waals surface area contributed by atoms with Gasteiger partial charge in [-0.25, -0.2) is 9.97 Å². The number of hydrogen-bond donors (Lipinski definition) is 1. The highest BCUT2D eigenvalue weighted by Gasteiger charge is 2.36. The second-order valence-corrected chi connectivity index (χ2v) is 7.69. The first kappa shape index (κ1) is 15.3. The van der Waals surface area contributed by atoms with E-state index in [1.165, 1.54) is 61.9 Å². The maximum atomic E-state index is 4.58. The number of H-pyrrole nitrogens is 1. The second kappa shape index (κ2) is 6.41. The summed E-state index contributed by atoms with van der Waals surface area (Å²) in [4.78, 5) is 13.8. The predicted octanol–water partition coefficient (Wildman–Crippen LogP) is 2.32. The lowest BCUT2D eigenvalue weighted by Crippen LogP contribution is -2.46. The zero-order valence-corrected chi connectivity index (χ0v) is 14.7. The van der Waals surface area contributed by atoms with Gasteiger partial charge in [-0.1, -0.05) is 0 Å². The maximum Gasteiger partial charge on any atom is 0.132 e. The molecule has 0 amide bonds. The van der Waals surface area contributed by atoms with Crippen molar-refractivity contribution in [3.05, 3.63) is 35.5 Å². The third-order valence-corrected chi connectivity index (χ3v) is 5.99. The number of anilines is 1. The quantitative estimate of drug-likeness (QED) is 0.906. The molecule has 0 bridgehead atoms. The Morgan fingerprint density at radius 1 is 1.12 bits per heavy atom. The standard InChI is InChI=1S/C19H26N6/c1-2-16-17(3-1)22-23-18(16)12-24-10-7-15(8-11-24)25(14-4-5-14)19-6-9-20-13-21-19/h6,9,13-15H,1-5,7-8,10-12H2,(H,22,23). The molecule has 6 heteroatoms. The summed E-state index contributed by atoms with van der Waals surface area (Å²) in [7, 11) is 0. The number of nitrogens with zero attached hydrogens (tertiary/aromatic N) is 5. The molecule has 1 aliphatic heterocycles. The van der Waals surface area contributed by atoms with E-state index in [-0.39, 0.29) is 0 Å². The van der Waals surface area contributed by atoms with Gasteiger partial charge in [0.15, 0.2) is 0 Å². The van der Waals surface area contributed by atoms with E-state index in [9.17, 15) is 0 Å². The highest BCUT2D eigenvalue weighted by molar-refractivity contribution is 5.41. The molecule has 6 nitrogen and oxygen atoms in total. The topological polar surface area (TPSA) is 60.9 Å². The molecule has 25 heavy (non-hydrogen) atoms. The van der Waals surface area contributed by atoms with Crippen molar-refractivity contribution in [1.82, 2.24) is 25.1 Å². The summed E-state index contributed by atoms with van der Waals surface area (Å²) < 4.78 is 0. The van der Waals surface area contributed by atoms with E-state index in [1.54, 1.807) is 6.33 Å². The average molecular weight is 338 g/mol. The van der Waals surface area contributed by atoms with Crippen molar-refractivity contribution in [1.29, 1.82) is 0 Å². The molecule has 132 valence electrons. The fraction of sp³-hybridized carbons (Fsp3) is 0.632. The number of aromatic amines is 1. The molecule has 3 heterocycles. The molecular weight excluding hydrogens is 312 g/mol. The first-order valence-electron chi connectivity index (χ1n) is 9.70. The average Bonchev–Trinajstić information content (AvgIpc) is 3.24. The molecule has 0 spiro atoms. The van der Waals surface area contributed by atoms with E-state index in [4.69, 9.17) is 0 Å². The molecule has 5 rings (SSSR count). The summed E-state index contributed by atoms with van der Waals surface area (Å²) in [6, 6.07) is 3.38. The Bertz CT molecular complexity index is 715. The van der Waals surface area contributed by atoms with Crippen molar-refractivity contribution in [2.45, 2.75) is 63.6 Å². The maximum absolute atomic E-state index is 4.58. The first-order chi connectivity index (χ1) is 12.4. The summed E-state index contributed by atoms with van der Waals surface area (Å²) in [5, 5.41) is 7.83. The molecule has 3 aliphatic rings. The van der Waals surface area contributed by atoms with Gasteiger partial charge in [0.2, 0.25) is 0 Å². The molecular formula is C19H26N6. The number of piperidine rings is 1. The molecule has 1 saturated carbocycles. The van der Waals surface area contributed by atoms with E-state index >= 15 is 0 Å². The van der Waals surface area contributed by atoms with Crippen molar-refractivity contribution >= 4 is 5.82 Å². The monoisotopic (exact) mass is 338 g/mol. The zero-order valence-electron chi connectivity index (χ0n) is 14.7. The van der Waals surface area contributed by atoms with Gasteiger partial charge in [-0.3, -0.25) is 10.00 Å². The third-order valence-electron chi connectivity index (χ3n) is 5.99. The van der Waals surface area contributed by atoms with Crippen molar-refractivity contribution in [2.24, 2.45) is 0 Å². The normalized spacial score (nSPS) is 21.4. The van der Waals surface area contributed by atoms with Crippen LogP contribution in [0.15, 0.2) is 18.6 Å². The highest BCUT2D eigenvalue weighted by atomic mass is 15.3. The van der Waals surface area contributed by atoms with E-state index in [0.29, 0.717) is 12.1 Å². The minimum Gasteiger partial charge on any atom is -0.350 e. The first-order valence-corrected chi connectivity index (χ1v) is 9.70. The lowest BCUT2D eigenvalue weighted by molar-refractivity contribution is 0.198. The van der Waals surface area contributed by atoms with Crippen LogP contribution in [0.25, 0.3) is 0 Å². The molecule has 2 fully saturated rings. The number of hydrogen-bond acceptors (Lipinski definition) is 5. The number of aromatic nitrogens is 4. The molecule has 0 radical (unpaired) electrons. The van der Waals surface area contributed by atoms with Gasteiger partial charge in [0.05, 0.1) is 5.69 Å². The van der Waals surface area contributed by atoms with Gasteiger partial charge in [-0.05, 0) is 56.6 Å². The molecule has 0 aromatic carbocycles. The van der Waals surface area contributed by atoms with Crippen LogP contribution in [0.1, 0.15) is 49.1 Å². The highest BCUT2D eigenvalue weighted by Crippen LogP contribution is 2.35. The van der Waals surface area contributed by atoms with Crippen LogP contribution in [0.4, 0.5) is 5.82 Å². The van der Waals surface area contributed by atoms with E-state index in [0.717, 1.165) is 25.5 Å². The number of fused-ring (bicyclic) bond motifs is 1. The van der Waals surface area contributed by atoms with Crippen LogP contribution in [0.5, 0.6) is 0 Å². The Hall–Kier alpha value is -1.95. The van der Waals surface area contributed by atoms with E-state index < -0.39 is 0 Å². The smallest absolute Gasteiger partial charge is 0.132 e. The fourth-order valence-electron chi connectivity index (χ4n) is 4.55. The van der Waals surface area contributed by atoms with Crippen LogP contribution < -0.4 is 4.90 Å². The van der Waals surface area contributed by atoms with E-state index in [2.05, 4.69) is 36.0 Å². The van der Waals surface area contributed by atoms with E-state index in [1.807, 2.05) is 6.20 Å². The molecule has 0 unspecified atom stereocenters. The summed E-state index contributed by atoms with van der Waals surface area (Å²) >= 11 is 0. The van der Waals surface area contributed by atoms with Crippen LogP contribution in [-0.4, -0.2) is 50.2 Å². The SMILES string of the molecule is c1cc(N(C2CC2)C2CCN(Cc3n[nH]c4c3CCC4)CC2)ncn1. The van der Waals surface area contributed by atoms with Gasteiger partial charge in [-0.15, -0.1) is 0 Å². The molecule has 1 saturated heterocycles. The van der Waals surface area contributed by atoms with Gasteiger partial charge in [-0.2, -0.15) is 5.10 Å². The van der Waals surface area contributed by atoms with Crippen molar-refractivity contribution in [3.63, 3.8) is 0 Å². The number of likely N-dealkylation sites (tertiary alicyclic amines) is 1. The molecule has 2 aromatic rings. The summed E-state index contributed by atoms with van der Waals surface area (Å²) in [6.07, 6.45) is 12.3. The summed E-state index contributed by atoms with van der Waals surface area (Å²) in [5.41, 5.74) is 4.18. The van der Waals surface area contributed by atoms with Crippen molar-refractivity contribution < 1.29 is 0 Å². The second-order valence-electron chi connectivity index (χ2n) is 7.69. The fourth-order valence-corrected chi connectivity index (χ4v) is 4.55. The molecule has 0 atom stereocenters. The zero-order chi connectivity index (χ0) is 16.6.